The maximum Gasteiger partial charge on any atom is 0.241 e. The van der Waals surface area contributed by atoms with E-state index in [4.69, 9.17) is 5.73 Å². The van der Waals surface area contributed by atoms with Crippen LogP contribution in [-0.4, -0.2) is 17.9 Å². The lowest BCUT2D eigenvalue weighted by Gasteiger charge is -2.14. The summed E-state index contributed by atoms with van der Waals surface area (Å²) in [5, 5.41) is 5.47. The van der Waals surface area contributed by atoms with Crippen LogP contribution in [0.1, 0.15) is 32.3 Å². The van der Waals surface area contributed by atoms with E-state index in [1.165, 1.54) is 6.92 Å². The van der Waals surface area contributed by atoms with Gasteiger partial charge in [0.1, 0.15) is 0 Å². The Bertz CT molecular complexity index is 472. The molecule has 0 heterocycles. The molecule has 0 aliphatic rings. The van der Waals surface area contributed by atoms with Crippen LogP contribution in [0.5, 0.6) is 0 Å². The van der Waals surface area contributed by atoms with Gasteiger partial charge >= 0.3 is 0 Å². The number of carbonyl (C=O) groups is 2. The molecule has 0 spiro atoms. The molecule has 0 saturated heterocycles. The molecule has 0 aliphatic carbocycles. The maximum atomic E-state index is 11.9. The molecule has 1 atom stereocenters. The highest BCUT2D eigenvalue weighted by Crippen LogP contribution is 2.20. The average molecular weight is 263 g/mol. The summed E-state index contributed by atoms with van der Waals surface area (Å²) in [6, 6.07) is 4.85. The van der Waals surface area contributed by atoms with E-state index in [-0.39, 0.29) is 11.8 Å². The van der Waals surface area contributed by atoms with Crippen molar-refractivity contribution >= 4 is 23.2 Å². The lowest BCUT2D eigenvalue weighted by atomic mass is 10.1. The fourth-order valence-electron chi connectivity index (χ4n) is 1.71. The van der Waals surface area contributed by atoms with Gasteiger partial charge < -0.3 is 16.4 Å². The van der Waals surface area contributed by atoms with Gasteiger partial charge in [0.2, 0.25) is 11.8 Å². The summed E-state index contributed by atoms with van der Waals surface area (Å²) in [6.07, 6.45) is 1.51. The van der Waals surface area contributed by atoms with Crippen molar-refractivity contribution in [2.75, 3.05) is 10.6 Å². The molecule has 0 fully saturated rings. The Kier molecular flexibility index (Phi) is 5.51. The summed E-state index contributed by atoms with van der Waals surface area (Å²) in [7, 11) is 0. The highest BCUT2D eigenvalue weighted by Gasteiger charge is 2.13. The first-order valence-electron chi connectivity index (χ1n) is 6.38. The molecule has 1 aromatic carbocycles. The molecule has 5 nitrogen and oxygen atoms in total. The summed E-state index contributed by atoms with van der Waals surface area (Å²) in [5.74, 6) is -0.353. The molecule has 1 rings (SSSR count). The van der Waals surface area contributed by atoms with Gasteiger partial charge in [0, 0.05) is 18.3 Å². The number of nitrogens with two attached hydrogens (primary N) is 1. The second-order valence-electron chi connectivity index (χ2n) is 4.60. The third kappa shape index (κ3) is 4.71. The van der Waals surface area contributed by atoms with E-state index < -0.39 is 6.04 Å². The summed E-state index contributed by atoms with van der Waals surface area (Å²) in [6.45, 7) is 5.31. The van der Waals surface area contributed by atoms with Gasteiger partial charge in [-0.15, -0.1) is 0 Å². The first-order valence-corrected chi connectivity index (χ1v) is 6.38. The number of benzene rings is 1. The van der Waals surface area contributed by atoms with Crippen LogP contribution in [0.3, 0.4) is 0 Å². The summed E-state index contributed by atoms with van der Waals surface area (Å²) in [4.78, 5) is 22.9. The Hall–Kier alpha value is -1.88. The Morgan fingerprint density at radius 3 is 2.58 bits per heavy atom. The molecule has 5 heteroatoms. The van der Waals surface area contributed by atoms with E-state index in [9.17, 15) is 9.59 Å². The second-order valence-corrected chi connectivity index (χ2v) is 4.60. The molecule has 1 aromatic rings. The number of nitrogens with one attached hydrogen (secondary N) is 2. The van der Waals surface area contributed by atoms with Gasteiger partial charge in [-0.05, 0) is 31.0 Å². The highest BCUT2D eigenvalue weighted by molar-refractivity contribution is 5.96. The number of rotatable bonds is 5. The maximum absolute atomic E-state index is 11.9. The summed E-state index contributed by atoms with van der Waals surface area (Å²) >= 11 is 0. The van der Waals surface area contributed by atoms with E-state index in [0.717, 1.165) is 12.0 Å². The number of carbonyl (C=O) groups excluding carboxylic acids is 2. The number of anilines is 2. The van der Waals surface area contributed by atoms with Gasteiger partial charge in [0.25, 0.3) is 0 Å². The van der Waals surface area contributed by atoms with Crippen LogP contribution < -0.4 is 16.4 Å². The number of amides is 2. The van der Waals surface area contributed by atoms with E-state index in [0.29, 0.717) is 17.8 Å². The lowest BCUT2D eigenvalue weighted by Crippen LogP contribution is -2.35. The Morgan fingerprint density at radius 2 is 2.00 bits per heavy atom. The van der Waals surface area contributed by atoms with Crippen molar-refractivity contribution in [3.8, 4) is 0 Å². The lowest BCUT2D eigenvalue weighted by molar-refractivity contribution is -0.117. The zero-order valence-corrected chi connectivity index (χ0v) is 11.6. The molecule has 0 bridgehead atoms. The normalized spacial score (nSPS) is 11.8. The van der Waals surface area contributed by atoms with Crippen molar-refractivity contribution in [2.24, 2.45) is 5.73 Å². The van der Waals surface area contributed by atoms with Crippen molar-refractivity contribution in [1.29, 1.82) is 0 Å². The molecule has 4 N–H and O–H groups in total. The zero-order valence-electron chi connectivity index (χ0n) is 11.6. The summed E-state index contributed by atoms with van der Waals surface area (Å²) in [5.41, 5.74) is 8.00. The smallest absolute Gasteiger partial charge is 0.241 e. The van der Waals surface area contributed by atoms with Gasteiger partial charge in [0.05, 0.1) is 6.04 Å². The van der Waals surface area contributed by atoms with Crippen LogP contribution in [0.15, 0.2) is 18.2 Å². The number of aryl methyl sites for hydroxylation is 1. The fourth-order valence-corrected chi connectivity index (χ4v) is 1.71. The predicted octanol–water partition coefficient (Wildman–Crippen LogP) is 2.02. The number of hydrogen-bond donors (Lipinski definition) is 3. The second kappa shape index (κ2) is 6.89. The van der Waals surface area contributed by atoms with Crippen LogP contribution in [-0.2, 0) is 9.59 Å². The molecule has 0 aliphatic heterocycles. The number of hydrogen-bond acceptors (Lipinski definition) is 3. The van der Waals surface area contributed by atoms with Gasteiger partial charge in [-0.1, -0.05) is 19.4 Å². The van der Waals surface area contributed by atoms with Crippen molar-refractivity contribution < 1.29 is 9.59 Å². The van der Waals surface area contributed by atoms with Gasteiger partial charge in [0.15, 0.2) is 0 Å². The quantitative estimate of drug-likeness (QED) is 0.759. The molecule has 1 unspecified atom stereocenters. The Labute approximate surface area is 113 Å². The standard InChI is InChI=1S/C14H21N3O2/c1-4-5-12(15)14(19)17-13-8-11(16-10(3)18)7-6-9(13)2/h6-8,12H,4-5,15H2,1-3H3,(H,16,18)(H,17,19). The zero-order chi connectivity index (χ0) is 14.4. The van der Waals surface area contributed by atoms with Crippen molar-refractivity contribution in [1.82, 2.24) is 0 Å². The molecular weight excluding hydrogens is 242 g/mol. The van der Waals surface area contributed by atoms with E-state index in [1.54, 1.807) is 12.1 Å². The van der Waals surface area contributed by atoms with Crippen molar-refractivity contribution in [3.63, 3.8) is 0 Å². The third-order valence-corrected chi connectivity index (χ3v) is 2.75. The average Bonchev–Trinajstić information content (AvgIpc) is 2.33. The molecule has 0 saturated carbocycles. The topological polar surface area (TPSA) is 84.2 Å². The van der Waals surface area contributed by atoms with Gasteiger partial charge in [-0.25, -0.2) is 0 Å². The third-order valence-electron chi connectivity index (χ3n) is 2.75. The minimum atomic E-state index is -0.506. The van der Waals surface area contributed by atoms with E-state index >= 15 is 0 Å². The monoisotopic (exact) mass is 263 g/mol. The highest BCUT2D eigenvalue weighted by atomic mass is 16.2. The Balaban J connectivity index is 2.82. The molecule has 19 heavy (non-hydrogen) atoms. The SMILES string of the molecule is CCCC(N)C(=O)Nc1cc(NC(C)=O)ccc1C. The van der Waals surface area contributed by atoms with Crippen LogP contribution in [0.4, 0.5) is 11.4 Å². The molecule has 0 aromatic heterocycles. The first-order chi connectivity index (χ1) is 8.93. The van der Waals surface area contributed by atoms with Crippen LogP contribution in [0.2, 0.25) is 0 Å². The van der Waals surface area contributed by atoms with Crippen molar-refractivity contribution in [3.05, 3.63) is 23.8 Å². The van der Waals surface area contributed by atoms with Gasteiger partial charge in [-0.2, -0.15) is 0 Å². The molecular formula is C14H21N3O2. The largest absolute Gasteiger partial charge is 0.326 e. The molecule has 0 radical (unpaired) electrons. The van der Waals surface area contributed by atoms with E-state index in [2.05, 4.69) is 10.6 Å². The first kappa shape index (κ1) is 15.2. The fraction of sp³-hybridized carbons (Fsp3) is 0.429. The molecule has 104 valence electrons. The minimum Gasteiger partial charge on any atom is -0.326 e. The minimum absolute atomic E-state index is 0.149. The van der Waals surface area contributed by atoms with Crippen LogP contribution >= 0.6 is 0 Å². The van der Waals surface area contributed by atoms with Crippen molar-refractivity contribution in [2.45, 2.75) is 39.7 Å². The van der Waals surface area contributed by atoms with Gasteiger partial charge in [-0.3, -0.25) is 9.59 Å². The molecule has 2 amide bonds. The summed E-state index contributed by atoms with van der Waals surface area (Å²) < 4.78 is 0. The Morgan fingerprint density at radius 1 is 1.32 bits per heavy atom. The van der Waals surface area contributed by atoms with Crippen LogP contribution in [0.25, 0.3) is 0 Å². The predicted molar refractivity (Wildman–Crippen MR) is 77.0 cm³/mol. The van der Waals surface area contributed by atoms with Crippen LogP contribution in [0, 0.1) is 6.92 Å². The van der Waals surface area contributed by atoms with E-state index in [1.807, 2.05) is 19.9 Å².